The van der Waals surface area contributed by atoms with Gasteiger partial charge in [0.25, 0.3) is 5.91 Å². The number of aliphatic hydroxyl groups excluding tert-OH is 1. The van der Waals surface area contributed by atoms with Crippen LogP contribution in [0.15, 0.2) is 47.5 Å². The summed E-state index contributed by atoms with van der Waals surface area (Å²) < 4.78 is 11.2. The fourth-order valence-corrected chi connectivity index (χ4v) is 5.53. The summed E-state index contributed by atoms with van der Waals surface area (Å²) in [5.41, 5.74) is 4.12. The van der Waals surface area contributed by atoms with Crippen LogP contribution in [0, 0.1) is 6.92 Å². The Labute approximate surface area is 239 Å². The van der Waals surface area contributed by atoms with Crippen LogP contribution in [0.3, 0.4) is 0 Å². The predicted molar refractivity (Wildman–Crippen MR) is 152 cm³/mol. The van der Waals surface area contributed by atoms with Crippen LogP contribution in [-0.4, -0.2) is 81.6 Å². The van der Waals surface area contributed by atoms with E-state index in [1.165, 1.54) is 17.5 Å². The smallest absolute Gasteiger partial charge is 0.251 e. The van der Waals surface area contributed by atoms with Crippen molar-refractivity contribution in [3.8, 4) is 5.75 Å². The van der Waals surface area contributed by atoms with Gasteiger partial charge < -0.3 is 29.8 Å². The molecule has 1 atom stereocenters. The summed E-state index contributed by atoms with van der Waals surface area (Å²) >= 11 is 0. The van der Waals surface area contributed by atoms with Crippen molar-refractivity contribution in [2.75, 3.05) is 38.0 Å². The number of rotatable bonds is 10. The Balaban J connectivity index is 1.07. The molecule has 11 nitrogen and oxygen atoms in total. The van der Waals surface area contributed by atoms with E-state index in [1.54, 1.807) is 31.5 Å². The molecular formula is C30H38N6O5. The lowest BCUT2D eigenvalue weighted by molar-refractivity contribution is -0.129. The van der Waals surface area contributed by atoms with Crippen molar-refractivity contribution in [2.45, 2.75) is 58.4 Å². The molecule has 1 saturated heterocycles. The Bertz CT molecular complexity index is 1340. The molecule has 5 rings (SSSR count). The lowest BCUT2D eigenvalue weighted by Gasteiger charge is -2.32. The van der Waals surface area contributed by atoms with Crippen LogP contribution >= 0.6 is 0 Å². The number of benzene rings is 1. The highest BCUT2D eigenvalue weighted by Crippen LogP contribution is 2.30. The number of pyridine rings is 1. The van der Waals surface area contributed by atoms with Crippen LogP contribution in [0.2, 0.25) is 0 Å². The van der Waals surface area contributed by atoms with Crippen molar-refractivity contribution in [1.29, 1.82) is 0 Å². The zero-order chi connectivity index (χ0) is 28.8. The Morgan fingerprint density at radius 2 is 2.05 bits per heavy atom. The van der Waals surface area contributed by atoms with Crippen molar-refractivity contribution in [3.63, 3.8) is 0 Å². The van der Waals surface area contributed by atoms with E-state index in [2.05, 4.69) is 38.5 Å². The number of oxazole rings is 1. The number of amides is 2. The van der Waals surface area contributed by atoms with E-state index in [-0.39, 0.29) is 24.4 Å². The van der Waals surface area contributed by atoms with Crippen LogP contribution < -0.4 is 15.4 Å². The van der Waals surface area contributed by atoms with Gasteiger partial charge in [-0.15, -0.1) is 0 Å². The molecule has 11 heteroatoms. The molecule has 218 valence electrons. The maximum atomic E-state index is 12.8. The highest BCUT2D eigenvalue weighted by Gasteiger charge is 2.23. The third kappa shape index (κ3) is 7.42. The zero-order valence-corrected chi connectivity index (χ0v) is 23.6. The van der Waals surface area contributed by atoms with Crippen molar-refractivity contribution in [2.24, 2.45) is 0 Å². The van der Waals surface area contributed by atoms with E-state index in [9.17, 15) is 14.7 Å². The highest BCUT2D eigenvalue weighted by molar-refractivity contribution is 5.94. The Morgan fingerprint density at radius 1 is 1.22 bits per heavy atom. The van der Waals surface area contributed by atoms with Gasteiger partial charge in [-0.25, -0.2) is 9.97 Å². The van der Waals surface area contributed by atoms with Crippen molar-refractivity contribution < 1.29 is 23.8 Å². The molecule has 2 aliphatic rings. The molecular weight excluding hydrogens is 524 g/mol. The largest absolute Gasteiger partial charge is 0.485 e. The van der Waals surface area contributed by atoms with Crippen molar-refractivity contribution in [1.82, 2.24) is 25.1 Å². The van der Waals surface area contributed by atoms with Gasteiger partial charge in [0.05, 0.1) is 12.3 Å². The number of piperidine rings is 1. The molecule has 1 fully saturated rings. The van der Waals surface area contributed by atoms with E-state index >= 15 is 0 Å². The van der Waals surface area contributed by atoms with Crippen molar-refractivity contribution in [3.05, 3.63) is 71.1 Å². The second-order valence-corrected chi connectivity index (χ2v) is 10.8. The molecule has 41 heavy (non-hydrogen) atoms. The molecule has 1 aromatic carbocycles. The maximum absolute atomic E-state index is 12.8. The summed E-state index contributed by atoms with van der Waals surface area (Å²) in [4.78, 5) is 36.7. The number of aliphatic hydroxyl groups is 1. The van der Waals surface area contributed by atoms with E-state index in [4.69, 9.17) is 9.15 Å². The average molecular weight is 563 g/mol. The molecule has 1 unspecified atom stereocenters. The quantitative estimate of drug-likeness (QED) is 0.341. The van der Waals surface area contributed by atoms with Gasteiger partial charge in [-0.05, 0) is 61.1 Å². The SMILES string of the molecule is CC(=O)N1CCC(Nc2cc(C(=O)NCC(O)CN3CCc4c(ccc(OCc5cnco5)c4C)C3)ccn2)CC1. The maximum Gasteiger partial charge on any atom is 0.251 e. The summed E-state index contributed by atoms with van der Waals surface area (Å²) in [5.74, 6) is 2.00. The van der Waals surface area contributed by atoms with Crippen LogP contribution in [-0.2, 0) is 24.4 Å². The summed E-state index contributed by atoms with van der Waals surface area (Å²) in [6.45, 7) is 7.60. The molecule has 2 aromatic heterocycles. The van der Waals surface area contributed by atoms with Gasteiger partial charge in [-0.1, -0.05) is 6.07 Å². The minimum Gasteiger partial charge on any atom is -0.485 e. The fourth-order valence-electron chi connectivity index (χ4n) is 5.53. The van der Waals surface area contributed by atoms with E-state index in [1.807, 2.05) is 11.0 Å². The number of fused-ring (bicyclic) bond motifs is 1. The van der Waals surface area contributed by atoms with Gasteiger partial charge in [0, 0.05) is 64.0 Å². The van der Waals surface area contributed by atoms with E-state index in [0.717, 1.165) is 43.7 Å². The number of carbonyl (C=O) groups excluding carboxylic acids is 2. The topological polar surface area (TPSA) is 133 Å². The number of hydrogen-bond acceptors (Lipinski definition) is 9. The Morgan fingerprint density at radius 3 is 2.80 bits per heavy atom. The summed E-state index contributed by atoms with van der Waals surface area (Å²) in [6.07, 6.45) is 6.48. The molecule has 0 saturated carbocycles. The molecule has 4 heterocycles. The molecule has 3 N–H and O–H groups in total. The fraction of sp³-hybridized carbons (Fsp3) is 0.467. The first kappa shape index (κ1) is 28.6. The Kier molecular flexibility index (Phi) is 9.15. The number of aromatic nitrogens is 2. The molecule has 0 aliphatic carbocycles. The van der Waals surface area contributed by atoms with Gasteiger partial charge >= 0.3 is 0 Å². The van der Waals surface area contributed by atoms with Gasteiger partial charge in [0.15, 0.2) is 12.2 Å². The Hall–Kier alpha value is -3.96. The van der Waals surface area contributed by atoms with Crippen LogP contribution in [0.5, 0.6) is 5.75 Å². The monoisotopic (exact) mass is 562 g/mol. The van der Waals surface area contributed by atoms with Crippen molar-refractivity contribution >= 4 is 17.6 Å². The first-order valence-corrected chi connectivity index (χ1v) is 14.1. The lowest BCUT2D eigenvalue weighted by atomic mass is 9.94. The number of β-amino-alcohol motifs (C(OH)–C–C–N with tert-alkyl or cyclic N) is 1. The number of nitrogens with one attached hydrogen (secondary N) is 2. The average Bonchev–Trinajstić information content (AvgIpc) is 3.50. The first-order valence-electron chi connectivity index (χ1n) is 14.1. The van der Waals surface area contributed by atoms with Gasteiger partial charge in [-0.2, -0.15) is 0 Å². The predicted octanol–water partition coefficient (Wildman–Crippen LogP) is 2.53. The first-order chi connectivity index (χ1) is 19.9. The van der Waals surface area contributed by atoms with Gasteiger partial charge in [0.2, 0.25) is 5.91 Å². The molecule has 2 amide bonds. The number of carbonyl (C=O) groups is 2. The minimum atomic E-state index is -0.697. The summed E-state index contributed by atoms with van der Waals surface area (Å²) in [6, 6.07) is 7.66. The normalized spacial score (nSPS) is 16.6. The lowest BCUT2D eigenvalue weighted by Crippen LogP contribution is -2.42. The zero-order valence-electron chi connectivity index (χ0n) is 23.6. The summed E-state index contributed by atoms with van der Waals surface area (Å²) in [7, 11) is 0. The third-order valence-electron chi connectivity index (χ3n) is 7.85. The molecule has 3 aromatic rings. The molecule has 0 radical (unpaired) electrons. The standard InChI is InChI=1S/C30H38N6O5/c1-20-27-8-10-35(16-23(27)3-4-28(20)40-18-26-15-31-19-41-26)17-25(38)14-33-30(39)22-5-9-32-29(13-22)34-24-6-11-36(12-7-24)21(2)37/h3-5,9,13,15,19,24-25,38H,6-8,10-12,14,16-18H2,1-2H3,(H,32,34)(H,33,39). The number of anilines is 1. The number of hydrogen-bond donors (Lipinski definition) is 3. The molecule has 0 bridgehead atoms. The van der Waals surface area contributed by atoms with Crippen LogP contribution in [0.4, 0.5) is 5.82 Å². The number of nitrogens with zero attached hydrogens (tertiary/aromatic N) is 4. The summed E-state index contributed by atoms with van der Waals surface area (Å²) in [5, 5.41) is 16.9. The van der Waals surface area contributed by atoms with Crippen LogP contribution in [0.1, 0.15) is 52.6 Å². The second-order valence-electron chi connectivity index (χ2n) is 10.8. The minimum absolute atomic E-state index is 0.0995. The third-order valence-corrected chi connectivity index (χ3v) is 7.85. The number of likely N-dealkylation sites (tertiary alicyclic amines) is 1. The second kappa shape index (κ2) is 13.1. The van der Waals surface area contributed by atoms with Gasteiger partial charge in [-0.3, -0.25) is 14.5 Å². The number of ether oxygens (including phenoxy) is 1. The van der Waals surface area contributed by atoms with E-state index in [0.29, 0.717) is 43.4 Å². The van der Waals surface area contributed by atoms with Crippen LogP contribution in [0.25, 0.3) is 0 Å². The highest BCUT2D eigenvalue weighted by atomic mass is 16.5. The van der Waals surface area contributed by atoms with E-state index < -0.39 is 6.10 Å². The molecule has 0 spiro atoms. The molecule has 2 aliphatic heterocycles. The van der Waals surface area contributed by atoms with Gasteiger partial charge in [0.1, 0.15) is 18.2 Å².